The molecule has 0 radical (unpaired) electrons. The molecule has 2 N–H and O–H groups in total. The Balaban J connectivity index is 1.17. The first kappa shape index (κ1) is 29.2. The lowest BCUT2D eigenvalue weighted by Crippen LogP contribution is -2.46. The summed E-state index contributed by atoms with van der Waals surface area (Å²) in [4.78, 5) is 31.4. The maximum absolute atomic E-state index is 13.2. The zero-order valence-electron chi connectivity index (χ0n) is 24.4. The highest BCUT2D eigenvalue weighted by atomic mass is 32.1. The largest absolute Gasteiger partial charge is 0.313 e. The molecule has 0 aliphatic carbocycles. The Morgan fingerprint density at radius 2 is 1.71 bits per heavy atom. The Hall–Kier alpha value is -3.33. The molecule has 2 amide bonds. The summed E-state index contributed by atoms with van der Waals surface area (Å²) in [6.07, 6.45) is 8.13. The van der Waals surface area contributed by atoms with Crippen LogP contribution in [0.4, 0.5) is 5.00 Å². The highest BCUT2D eigenvalue weighted by Gasteiger charge is 2.26. The van der Waals surface area contributed by atoms with Gasteiger partial charge in [0.15, 0.2) is 0 Å². The number of thiophene rings is 1. The summed E-state index contributed by atoms with van der Waals surface area (Å²) in [5.74, 6) is -0.564. The molecule has 0 atom stereocenters. The fourth-order valence-corrected chi connectivity index (χ4v) is 6.79. The minimum atomic E-state index is -0.346. The van der Waals surface area contributed by atoms with Crippen molar-refractivity contribution in [3.8, 4) is 0 Å². The van der Waals surface area contributed by atoms with Gasteiger partial charge in [0.05, 0.1) is 11.8 Å². The van der Waals surface area contributed by atoms with Crippen LogP contribution in [0, 0.1) is 20.8 Å². The number of nitrogens with zero attached hydrogens (tertiary/aromatic N) is 3. The molecule has 7 nitrogen and oxygen atoms in total. The van der Waals surface area contributed by atoms with Gasteiger partial charge in [-0.2, -0.15) is 5.10 Å². The van der Waals surface area contributed by atoms with Crippen LogP contribution in [0.15, 0.2) is 52.9 Å². The highest BCUT2D eigenvalue weighted by molar-refractivity contribution is 7.15. The second-order valence-corrected chi connectivity index (χ2v) is 12.3. The number of hydrazone groups is 1. The van der Waals surface area contributed by atoms with Gasteiger partial charge in [-0.25, -0.2) is 5.43 Å². The van der Waals surface area contributed by atoms with Crippen LogP contribution in [0.3, 0.4) is 0 Å². The number of hydrogen-bond acceptors (Lipinski definition) is 6. The number of carbonyl (C=O) groups is 2. The number of benzene rings is 2. The second-order valence-electron chi connectivity index (χ2n) is 11.4. The van der Waals surface area contributed by atoms with E-state index in [0.29, 0.717) is 16.1 Å². The molecule has 5 rings (SSSR count). The number of hydrogen-bond donors (Lipinski definition) is 2. The van der Waals surface area contributed by atoms with Gasteiger partial charge in [0.1, 0.15) is 5.00 Å². The summed E-state index contributed by atoms with van der Waals surface area (Å²) in [7, 11) is 0. The zero-order chi connectivity index (χ0) is 28.8. The van der Waals surface area contributed by atoms with Crippen LogP contribution in [0.5, 0.6) is 0 Å². The summed E-state index contributed by atoms with van der Waals surface area (Å²) >= 11 is 1.35. The van der Waals surface area contributed by atoms with Gasteiger partial charge in [0, 0.05) is 18.2 Å². The molecule has 2 aliphatic heterocycles. The van der Waals surface area contributed by atoms with Crippen LogP contribution in [-0.2, 0) is 6.54 Å². The molecule has 2 aromatic carbocycles. The number of rotatable bonds is 8. The number of amides is 2. The van der Waals surface area contributed by atoms with E-state index in [4.69, 9.17) is 0 Å². The van der Waals surface area contributed by atoms with Crippen LogP contribution in [0.2, 0.25) is 0 Å². The number of aryl methyl sites for hydroxylation is 3. The predicted molar refractivity (Wildman–Crippen MR) is 168 cm³/mol. The Morgan fingerprint density at radius 1 is 0.927 bits per heavy atom. The number of nitrogens with one attached hydrogen (secondary N) is 2. The summed E-state index contributed by atoms with van der Waals surface area (Å²) in [6.45, 7) is 11.5. The highest BCUT2D eigenvalue weighted by Crippen LogP contribution is 2.28. The van der Waals surface area contributed by atoms with Gasteiger partial charge >= 0.3 is 0 Å². The van der Waals surface area contributed by atoms with E-state index in [1.54, 1.807) is 6.21 Å². The fourth-order valence-electron chi connectivity index (χ4n) is 5.86. The maximum atomic E-state index is 13.2. The first-order chi connectivity index (χ1) is 19.9. The summed E-state index contributed by atoms with van der Waals surface area (Å²) in [6, 6.07) is 14.6. The third kappa shape index (κ3) is 7.50. The van der Waals surface area contributed by atoms with Crippen molar-refractivity contribution < 1.29 is 9.59 Å². The van der Waals surface area contributed by atoms with Crippen molar-refractivity contribution >= 4 is 34.4 Å². The van der Waals surface area contributed by atoms with Gasteiger partial charge in [-0.1, -0.05) is 36.8 Å². The Labute approximate surface area is 247 Å². The molecule has 2 fully saturated rings. The average molecular weight is 572 g/mol. The van der Waals surface area contributed by atoms with E-state index in [1.165, 1.54) is 67.7 Å². The molecule has 1 aromatic heterocycles. The van der Waals surface area contributed by atoms with Gasteiger partial charge < -0.3 is 10.2 Å². The van der Waals surface area contributed by atoms with E-state index in [-0.39, 0.29) is 11.8 Å². The van der Waals surface area contributed by atoms with Crippen molar-refractivity contribution in [1.29, 1.82) is 0 Å². The Morgan fingerprint density at radius 3 is 2.46 bits per heavy atom. The van der Waals surface area contributed by atoms with Crippen LogP contribution < -0.4 is 10.7 Å². The maximum Gasteiger partial charge on any atom is 0.274 e. The van der Waals surface area contributed by atoms with E-state index in [0.717, 1.165) is 42.4 Å². The number of likely N-dealkylation sites (tertiary alicyclic amines) is 2. The van der Waals surface area contributed by atoms with E-state index in [9.17, 15) is 9.59 Å². The summed E-state index contributed by atoms with van der Waals surface area (Å²) in [5.41, 5.74) is 8.87. The molecule has 0 unspecified atom stereocenters. The van der Waals surface area contributed by atoms with E-state index in [2.05, 4.69) is 38.6 Å². The number of piperidine rings is 2. The van der Waals surface area contributed by atoms with Crippen molar-refractivity contribution in [2.45, 2.75) is 65.5 Å². The third-order valence-electron chi connectivity index (χ3n) is 8.40. The van der Waals surface area contributed by atoms with Crippen molar-refractivity contribution in [2.75, 3.05) is 31.5 Å². The molecular weight excluding hydrogens is 530 g/mol. The molecule has 0 saturated carbocycles. The molecule has 41 heavy (non-hydrogen) atoms. The lowest BCUT2D eigenvalue weighted by atomic mass is 9.99. The summed E-state index contributed by atoms with van der Waals surface area (Å²) < 4.78 is 0. The zero-order valence-corrected chi connectivity index (χ0v) is 25.2. The van der Waals surface area contributed by atoms with Crippen molar-refractivity contribution in [3.63, 3.8) is 0 Å². The molecule has 8 heteroatoms. The normalized spacial score (nSPS) is 17.1. The molecule has 0 bridgehead atoms. The van der Waals surface area contributed by atoms with Crippen LogP contribution in [0.25, 0.3) is 0 Å². The number of carbonyl (C=O) groups excluding carboxylic acids is 2. The summed E-state index contributed by atoms with van der Waals surface area (Å²) in [5, 5.41) is 9.52. The monoisotopic (exact) mass is 571 g/mol. The van der Waals surface area contributed by atoms with Crippen LogP contribution >= 0.6 is 11.3 Å². The Kier molecular flexibility index (Phi) is 9.64. The van der Waals surface area contributed by atoms with Crippen LogP contribution in [0.1, 0.15) is 80.6 Å². The molecular formula is C33H41N5O2S. The van der Waals surface area contributed by atoms with Gasteiger partial charge in [-0.15, -0.1) is 11.3 Å². The standard InChI is InChI=1S/C33H41N5O2S/c1-23-10-11-26(18-24(23)2)20-34-36-32(40)30-25(3)22-41-33(30)35-31(39)28-9-7-8-27(19-28)21-37-16-12-29(13-17-37)38-14-5-4-6-15-38/h7-11,18-20,22,29H,4-6,12-17,21H2,1-3H3,(H,35,39)(H,36,40)/b34-20+. The van der Waals surface area contributed by atoms with E-state index >= 15 is 0 Å². The lowest BCUT2D eigenvalue weighted by Gasteiger charge is -2.40. The van der Waals surface area contributed by atoms with Crippen molar-refractivity contribution in [1.82, 2.24) is 15.2 Å². The molecule has 0 spiro atoms. The SMILES string of the molecule is Cc1ccc(/C=N/NC(=O)c2c(C)csc2NC(=O)c2cccc(CN3CCC(N4CCCCC4)CC3)c2)cc1C. The molecule has 3 aromatic rings. The van der Waals surface area contributed by atoms with Gasteiger partial charge in [0.25, 0.3) is 11.8 Å². The van der Waals surface area contributed by atoms with E-state index < -0.39 is 0 Å². The molecule has 3 heterocycles. The molecule has 2 aliphatic rings. The molecule has 216 valence electrons. The van der Waals surface area contributed by atoms with Gasteiger partial charge in [-0.05, 0) is 118 Å². The quantitative estimate of drug-likeness (QED) is 0.252. The van der Waals surface area contributed by atoms with E-state index in [1.807, 2.05) is 55.6 Å². The van der Waals surface area contributed by atoms with Crippen molar-refractivity contribution in [3.05, 3.63) is 86.8 Å². The first-order valence-electron chi connectivity index (χ1n) is 14.7. The van der Waals surface area contributed by atoms with Gasteiger partial charge in [0.2, 0.25) is 0 Å². The van der Waals surface area contributed by atoms with Gasteiger partial charge in [-0.3, -0.25) is 14.5 Å². The average Bonchev–Trinajstić information content (AvgIpc) is 3.35. The Bertz CT molecular complexity index is 1400. The third-order valence-corrected chi connectivity index (χ3v) is 9.41. The first-order valence-corrected chi connectivity index (χ1v) is 15.6. The second kappa shape index (κ2) is 13.6. The lowest BCUT2D eigenvalue weighted by molar-refractivity contribution is 0.0896. The minimum absolute atomic E-state index is 0.217. The number of anilines is 1. The van der Waals surface area contributed by atoms with Crippen LogP contribution in [-0.4, -0.2) is 60.0 Å². The smallest absolute Gasteiger partial charge is 0.274 e. The van der Waals surface area contributed by atoms with Crippen molar-refractivity contribution in [2.24, 2.45) is 5.10 Å². The molecule has 2 saturated heterocycles. The minimum Gasteiger partial charge on any atom is -0.313 e. The fraction of sp³-hybridized carbons (Fsp3) is 0.424. The topological polar surface area (TPSA) is 77.0 Å². The predicted octanol–water partition coefficient (Wildman–Crippen LogP) is 6.14.